The molecule has 318 valence electrons. The second-order valence-electron chi connectivity index (χ2n) is 17.2. The van der Waals surface area contributed by atoms with E-state index in [4.69, 9.17) is 15.0 Å². The van der Waals surface area contributed by atoms with Crippen molar-refractivity contribution in [3.63, 3.8) is 0 Å². The number of rotatable bonds is 8. The van der Waals surface area contributed by atoms with E-state index in [-0.39, 0.29) is 0 Å². The maximum Gasteiger partial charge on any atom is 0.238 e. The highest BCUT2D eigenvalue weighted by molar-refractivity contribution is 6.24. The summed E-state index contributed by atoms with van der Waals surface area (Å²) in [4.78, 5) is 16.0. The summed E-state index contributed by atoms with van der Waals surface area (Å²) in [6.45, 7) is 0. The molecular formula is C63H41N5. The molecule has 5 heteroatoms. The van der Waals surface area contributed by atoms with Gasteiger partial charge in [-0.3, -0.25) is 4.57 Å². The van der Waals surface area contributed by atoms with Crippen LogP contribution in [0.1, 0.15) is 0 Å². The number of para-hydroxylation sites is 2. The summed E-state index contributed by atoms with van der Waals surface area (Å²) < 4.78 is 4.76. The lowest BCUT2D eigenvalue weighted by Crippen LogP contribution is -2.07. The molecule has 0 aliphatic heterocycles. The summed E-state index contributed by atoms with van der Waals surface area (Å²) in [6, 6.07) is 88.3. The zero-order valence-corrected chi connectivity index (χ0v) is 36.9. The minimum absolute atomic E-state index is 0.547. The quantitative estimate of drug-likeness (QED) is 0.153. The highest BCUT2D eigenvalue weighted by atomic mass is 15.2. The van der Waals surface area contributed by atoms with Crippen LogP contribution in [0.3, 0.4) is 0 Å². The molecule has 3 aromatic heterocycles. The van der Waals surface area contributed by atoms with Gasteiger partial charge in [0.25, 0.3) is 0 Å². The van der Waals surface area contributed by atoms with Gasteiger partial charge in [0.05, 0.1) is 27.8 Å². The van der Waals surface area contributed by atoms with Crippen molar-refractivity contribution in [3.05, 3.63) is 249 Å². The van der Waals surface area contributed by atoms with Crippen LogP contribution in [-0.2, 0) is 0 Å². The molecule has 0 saturated heterocycles. The second kappa shape index (κ2) is 16.4. The van der Waals surface area contributed by atoms with Crippen molar-refractivity contribution in [2.24, 2.45) is 0 Å². The predicted octanol–water partition coefficient (Wildman–Crippen LogP) is 16.1. The van der Waals surface area contributed by atoms with Crippen molar-refractivity contribution in [2.45, 2.75) is 0 Å². The van der Waals surface area contributed by atoms with Crippen molar-refractivity contribution in [2.75, 3.05) is 0 Å². The van der Waals surface area contributed by atoms with E-state index >= 15 is 0 Å². The molecule has 10 aromatic carbocycles. The van der Waals surface area contributed by atoms with Crippen LogP contribution in [0.4, 0.5) is 0 Å². The molecule has 3 heterocycles. The van der Waals surface area contributed by atoms with Crippen molar-refractivity contribution in [1.82, 2.24) is 24.1 Å². The smallest absolute Gasteiger partial charge is 0.238 e. The van der Waals surface area contributed by atoms with Crippen molar-refractivity contribution >= 4 is 43.6 Å². The maximum atomic E-state index is 5.42. The van der Waals surface area contributed by atoms with Crippen molar-refractivity contribution in [1.29, 1.82) is 0 Å². The summed E-state index contributed by atoms with van der Waals surface area (Å²) in [5.41, 5.74) is 16.3. The fraction of sp³-hybridized carbons (Fsp3) is 0. The van der Waals surface area contributed by atoms with E-state index in [0.29, 0.717) is 17.6 Å². The third-order valence-corrected chi connectivity index (χ3v) is 13.2. The first kappa shape index (κ1) is 39.2. The highest BCUT2D eigenvalue weighted by Gasteiger charge is 2.25. The van der Waals surface area contributed by atoms with Crippen LogP contribution in [0.25, 0.3) is 123 Å². The van der Waals surface area contributed by atoms with E-state index in [1.165, 1.54) is 11.1 Å². The van der Waals surface area contributed by atoms with Gasteiger partial charge in [0.2, 0.25) is 5.95 Å². The Morgan fingerprint density at radius 3 is 1.25 bits per heavy atom. The molecule has 0 N–H and O–H groups in total. The van der Waals surface area contributed by atoms with Crippen LogP contribution in [0.2, 0.25) is 0 Å². The van der Waals surface area contributed by atoms with Crippen LogP contribution >= 0.6 is 0 Å². The van der Waals surface area contributed by atoms with Gasteiger partial charge in [-0.15, -0.1) is 0 Å². The Kier molecular flexibility index (Phi) is 9.43. The average Bonchev–Trinajstić information content (AvgIpc) is 3.95. The van der Waals surface area contributed by atoms with Crippen LogP contribution in [0.5, 0.6) is 0 Å². The standard InChI is InChI=1S/C63H41N5/c1-5-18-42(19-6-1)44-32-34-47(35-33-44)62-64-61(46-24-11-4-12-25-46)65-63(66-62)68-57-31-16-14-29-53(57)55-39-38-54-52-28-13-15-30-56(52)67(59(54)60(55)68)58-41-50(36-37-51(58)45-22-9-3-10-23-45)49-27-17-26-48(40-49)43-20-7-2-8-21-43/h1-41H. The number of hydrogen-bond acceptors (Lipinski definition) is 3. The number of fused-ring (bicyclic) bond motifs is 7. The Bertz CT molecular complexity index is 3990. The third kappa shape index (κ3) is 6.68. The molecular weight excluding hydrogens is 827 g/mol. The normalized spacial score (nSPS) is 11.5. The first-order valence-electron chi connectivity index (χ1n) is 23.0. The molecule has 0 aliphatic carbocycles. The lowest BCUT2D eigenvalue weighted by atomic mass is 9.95. The van der Waals surface area contributed by atoms with Gasteiger partial charge >= 0.3 is 0 Å². The van der Waals surface area contributed by atoms with Gasteiger partial charge in [-0.05, 0) is 63.2 Å². The molecule has 0 atom stereocenters. The van der Waals surface area contributed by atoms with Crippen LogP contribution in [0.15, 0.2) is 249 Å². The SMILES string of the molecule is c1ccc(-c2ccc(-c3nc(-c4ccccc4)nc(-n4c5ccccc5c5ccc6c7ccccc7n(-c7cc(-c8cccc(-c9ccccc9)c8)ccc7-c7ccccc7)c6c54)n3)cc2)cc1. The Labute approximate surface area is 393 Å². The van der Waals surface area contributed by atoms with Gasteiger partial charge in [-0.1, -0.05) is 224 Å². The summed E-state index contributed by atoms with van der Waals surface area (Å²) in [5, 5.41) is 4.53. The Balaban J connectivity index is 1.11. The van der Waals surface area contributed by atoms with E-state index in [9.17, 15) is 0 Å². The molecule has 5 nitrogen and oxygen atoms in total. The van der Waals surface area contributed by atoms with Gasteiger partial charge < -0.3 is 4.57 Å². The molecule has 0 bridgehead atoms. The third-order valence-electron chi connectivity index (χ3n) is 13.2. The fourth-order valence-electron chi connectivity index (χ4n) is 9.98. The Hall–Kier alpha value is -9.19. The monoisotopic (exact) mass is 867 g/mol. The van der Waals surface area contributed by atoms with Gasteiger partial charge in [0, 0.05) is 38.2 Å². The number of nitrogens with zero attached hydrogens (tertiary/aromatic N) is 5. The molecule has 68 heavy (non-hydrogen) atoms. The summed E-state index contributed by atoms with van der Waals surface area (Å²) in [6.07, 6.45) is 0. The van der Waals surface area contributed by atoms with Crippen molar-refractivity contribution in [3.8, 4) is 78.9 Å². The largest absolute Gasteiger partial charge is 0.307 e. The van der Waals surface area contributed by atoms with Gasteiger partial charge in [0.15, 0.2) is 11.6 Å². The molecule has 0 spiro atoms. The zero-order valence-electron chi connectivity index (χ0n) is 36.9. The average molecular weight is 868 g/mol. The lowest BCUT2D eigenvalue weighted by molar-refractivity contribution is 0.953. The topological polar surface area (TPSA) is 48.5 Å². The van der Waals surface area contributed by atoms with Crippen LogP contribution < -0.4 is 0 Å². The minimum Gasteiger partial charge on any atom is -0.307 e. The molecule has 0 amide bonds. The minimum atomic E-state index is 0.547. The number of aromatic nitrogens is 5. The molecule has 0 aliphatic rings. The van der Waals surface area contributed by atoms with Crippen molar-refractivity contribution < 1.29 is 0 Å². The fourth-order valence-corrected chi connectivity index (χ4v) is 9.98. The second-order valence-corrected chi connectivity index (χ2v) is 17.2. The zero-order chi connectivity index (χ0) is 45.0. The van der Waals surface area contributed by atoms with Crippen LogP contribution in [-0.4, -0.2) is 24.1 Å². The van der Waals surface area contributed by atoms with E-state index < -0.39 is 0 Å². The number of hydrogen-bond donors (Lipinski definition) is 0. The van der Waals surface area contributed by atoms with Crippen LogP contribution in [0, 0.1) is 0 Å². The van der Waals surface area contributed by atoms with E-state index in [1.54, 1.807) is 0 Å². The highest BCUT2D eigenvalue weighted by Crippen LogP contribution is 2.44. The maximum absolute atomic E-state index is 5.42. The molecule has 0 radical (unpaired) electrons. The molecule has 13 rings (SSSR count). The number of benzene rings is 10. The summed E-state index contributed by atoms with van der Waals surface area (Å²) >= 11 is 0. The first-order chi connectivity index (χ1) is 33.7. The van der Waals surface area contributed by atoms with Gasteiger partial charge in [-0.2, -0.15) is 9.97 Å². The van der Waals surface area contributed by atoms with E-state index in [0.717, 1.165) is 93.8 Å². The summed E-state index contributed by atoms with van der Waals surface area (Å²) in [5.74, 6) is 1.75. The Morgan fingerprint density at radius 1 is 0.250 bits per heavy atom. The molecule has 0 saturated carbocycles. The lowest BCUT2D eigenvalue weighted by Gasteiger charge is -2.18. The van der Waals surface area contributed by atoms with Gasteiger partial charge in [-0.25, -0.2) is 4.98 Å². The molecule has 0 unspecified atom stereocenters. The molecule has 0 fully saturated rings. The Morgan fingerprint density at radius 2 is 0.647 bits per heavy atom. The van der Waals surface area contributed by atoms with E-state index in [2.05, 4.69) is 234 Å². The molecule has 13 aromatic rings. The predicted molar refractivity (Wildman–Crippen MR) is 281 cm³/mol. The van der Waals surface area contributed by atoms with E-state index in [1.807, 2.05) is 24.3 Å². The van der Waals surface area contributed by atoms with Gasteiger partial charge in [0.1, 0.15) is 0 Å². The first-order valence-corrected chi connectivity index (χ1v) is 23.0. The summed E-state index contributed by atoms with van der Waals surface area (Å²) in [7, 11) is 0.